The van der Waals surface area contributed by atoms with Gasteiger partial charge in [-0.3, -0.25) is 5.43 Å². The van der Waals surface area contributed by atoms with Crippen molar-refractivity contribution in [2.45, 2.75) is 29.8 Å². The second kappa shape index (κ2) is 11.0. The molecule has 7 heteroatoms. The molecular formula is C35H32N4O2S. The minimum Gasteiger partial charge on any atom is -0.278 e. The summed E-state index contributed by atoms with van der Waals surface area (Å²) in [6, 6.07) is 45.7. The summed E-state index contributed by atoms with van der Waals surface area (Å²) in [4.78, 5) is 0.178. The summed E-state index contributed by atoms with van der Waals surface area (Å²) < 4.78 is 30.9. The Hall–Kier alpha value is -4.56. The first-order chi connectivity index (χ1) is 20.4. The fourth-order valence-corrected chi connectivity index (χ4v) is 7.36. The molecule has 0 aliphatic carbocycles. The molecule has 0 amide bonds. The largest absolute Gasteiger partial charge is 0.278 e. The number of hydrazone groups is 1. The van der Waals surface area contributed by atoms with E-state index in [9.17, 15) is 8.42 Å². The van der Waals surface area contributed by atoms with Gasteiger partial charge in [0, 0.05) is 0 Å². The lowest BCUT2D eigenvalue weighted by Gasteiger charge is -2.38. The van der Waals surface area contributed by atoms with Crippen LogP contribution in [0, 0.1) is 6.92 Å². The highest BCUT2D eigenvalue weighted by Gasteiger charge is 2.63. The minimum absolute atomic E-state index is 0.178. The smallest absolute Gasteiger partial charge is 0.257 e. The van der Waals surface area contributed by atoms with Crippen molar-refractivity contribution in [3.8, 4) is 0 Å². The molecule has 5 aromatic rings. The van der Waals surface area contributed by atoms with Crippen LogP contribution in [-0.4, -0.2) is 18.5 Å². The Morgan fingerprint density at radius 2 is 1.10 bits per heavy atom. The van der Waals surface area contributed by atoms with Crippen LogP contribution in [0.15, 0.2) is 156 Å². The summed E-state index contributed by atoms with van der Waals surface area (Å²) in [6.07, 6.45) is 0. The zero-order valence-corrected chi connectivity index (χ0v) is 24.3. The predicted molar refractivity (Wildman–Crippen MR) is 168 cm³/mol. The van der Waals surface area contributed by atoms with E-state index in [2.05, 4.69) is 10.9 Å². The predicted octanol–water partition coefficient (Wildman–Crippen LogP) is 6.83. The number of anilines is 1. The van der Waals surface area contributed by atoms with Gasteiger partial charge in [-0.2, -0.15) is 5.10 Å². The van der Waals surface area contributed by atoms with Crippen LogP contribution in [0.25, 0.3) is 0 Å². The summed E-state index contributed by atoms with van der Waals surface area (Å²) in [7, 11) is -4.13. The number of nitrogens with one attached hydrogen (secondary N) is 2. The van der Waals surface area contributed by atoms with Crippen LogP contribution in [-0.2, 0) is 21.1 Å². The van der Waals surface area contributed by atoms with Gasteiger partial charge >= 0.3 is 0 Å². The third-order valence-electron chi connectivity index (χ3n) is 7.81. The highest BCUT2D eigenvalue weighted by Crippen LogP contribution is 2.50. The van der Waals surface area contributed by atoms with E-state index in [1.807, 2.05) is 135 Å². The summed E-state index contributed by atoms with van der Waals surface area (Å²) in [5, 5.41) is 5.11. The van der Waals surface area contributed by atoms with Gasteiger partial charge in [0.2, 0.25) is 0 Å². The van der Waals surface area contributed by atoms with E-state index in [4.69, 9.17) is 5.10 Å². The topological polar surface area (TPSA) is 73.8 Å². The molecule has 0 bridgehead atoms. The van der Waals surface area contributed by atoms with E-state index < -0.39 is 21.1 Å². The number of sulfonamides is 1. The highest BCUT2D eigenvalue weighted by molar-refractivity contribution is 7.89. The average molecular weight is 573 g/mol. The van der Waals surface area contributed by atoms with Gasteiger partial charge in [-0.15, -0.1) is 4.41 Å². The van der Waals surface area contributed by atoms with Crippen LogP contribution in [0.4, 0.5) is 5.69 Å². The van der Waals surface area contributed by atoms with Crippen LogP contribution >= 0.6 is 0 Å². The second-order valence-electron chi connectivity index (χ2n) is 10.6. The van der Waals surface area contributed by atoms with Crippen molar-refractivity contribution >= 4 is 21.4 Å². The number of benzene rings is 5. The van der Waals surface area contributed by atoms with E-state index in [1.165, 1.54) is 4.41 Å². The number of nitrogens with zero attached hydrogens (tertiary/aromatic N) is 2. The van der Waals surface area contributed by atoms with Gasteiger partial charge in [-0.05, 0) is 54.8 Å². The maximum Gasteiger partial charge on any atom is 0.257 e. The van der Waals surface area contributed by atoms with Crippen molar-refractivity contribution in [2.75, 3.05) is 5.43 Å². The minimum atomic E-state index is -4.13. The molecule has 42 heavy (non-hydrogen) atoms. The van der Waals surface area contributed by atoms with Crippen LogP contribution < -0.4 is 10.9 Å². The highest BCUT2D eigenvalue weighted by atomic mass is 32.2. The molecule has 0 aromatic heterocycles. The molecule has 1 aliphatic heterocycles. The van der Waals surface area contributed by atoms with Crippen LogP contribution in [0.1, 0.15) is 29.2 Å². The average Bonchev–Trinajstić information content (AvgIpc) is 3.33. The second-order valence-corrected chi connectivity index (χ2v) is 12.4. The van der Waals surface area contributed by atoms with Crippen LogP contribution in [0.3, 0.4) is 0 Å². The molecule has 0 radical (unpaired) electrons. The van der Waals surface area contributed by atoms with Gasteiger partial charge in [0.25, 0.3) is 10.0 Å². The molecule has 1 heterocycles. The zero-order chi connectivity index (χ0) is 29.2. The Balaban J connectivity index is 1.71. The van der Waals surface area contributed by atoms with E-state index in [-0.39, 0.29) is 4.90 Å². The number of aryl methyl sites for hydroxylation is 1. The summed E-state index contributed by atoms with van der Waals surface area (Å²) in [6.45, 7) is 4.02. The molecule has 1 saturated heterocycles. The molecule has 2 N–H and O–H groups in total. The van der Waals surface area contributed by atoms with E-state index >= 15 is 0 Å². The van der Waals surface area contributed by atoms with Crippen LogP contribution in [0.2, 0.25) is 0 Å². The Morgan fingerprint density at radius 3 is 1.60 bits per heavy atom. The van der Waals surface area contributed by atoms with Gasteiger partial charge < -0.3 is 0 Å². The molecule has 1 aliphatic rings. The molecule has 0 spiro atoms. The Bertz CT molecular complexity index is 1760. The van der Waals surface area contributed by atoms with Gasteiger partial charge in [-0.25, -0.2) is 13.8 Å². The van der Waals surface area contributed by atoms with Crippen LogP contribution in [0.5, 0.6) is 0 Å². The molecule has 0 saturated carbocycles. The van der Waals surface area contributed by atoms with Crippen molar-refractivity contribution in [3.05, 3.63) is 168 Å². The standard InChI is InChI=1S/C35H32N4O2S/c1-27-23-25-31(26-24-27)36-37-33-34(2,28-15-7-3-8-16-28)38-39(42(40,41)32-21-13-6-14-22-32)35(33,29-17-9-4-10-18-29)30-19-11-5-12-20-30/h3-26,36,38H,1-2H3. The van der Waals surface area contributed by atoms with Gasteiger partial charge in [0.05, 0.1) is 21.8 Å². The lowest BCUT2D eigenvalue weighted by molar-refractivity contribution is 0.237. The van der Waals surface area contributed by atoms with Gasteiger partial charge in [-0.1, -0.05) is 127 Å². The van der Waals surface area contributed by atoms with Gasteiger partial charge in [0.1, 0.15) is 5.54 Å². The molecule has 210 valence electrons. The molecule has 1 atom stereocenters. The number of rotatable bonds is 7. The van der Waals surface area contributed by atoms with Gasteiger partial charge in [0.15, 0.2) is 0 Å². The van der Waals surface area contributed by atoms with E-state index in [0.717, 1.165) is 27.9 Å². The first-order valence-electron chi connectivity index (χ1n) is 13.8. The molecule has 5 aromatic carbocycles. The molecule has 1 fully saturated rings. The number of hydrogen-bond acceptors (Lipinski definition) is 5. The summed E-state index contributed by atoms with van der Waals surface area (Å²) in [5.41, 5.74) is 9.25. The Labute approximate surface area is 247 Å². The molecule has 6 nitrogen and oxygen atoms in total. The SMILES string of the molecule is Cc1ccc(NN=C2C(C)(c3ccccc3)NN(S(=O)(=O)c3ccccc3)C2(c2ccccc2)c2ccccc2)cc1. The normalized spacial score (nSPS) is 19.5. The van der Waals surface area contributed by atoms with Crippen molar-refractivity contribution in [1.82, 2.24) is 9.84 Å². The zero-order valence-electron chi connectivity index (χ0n) is 23.5. The van der Waals surface area contributed by atoms with E-state index in [0.29, 0.717) is 5.71 Å². The first-order valence-corrected chi connectivity index (χ1v) is 15.3. The maximum absolute atomic E-state index is 14.8. The summed E-state index contributed by atoms with van der Waals surface area (Å²) in [5.74, 6) is 0. The fourth-order valence-electron chi connectivity index (χ4n) is 5.68. The molecular weight excluding hydrogens is 540 g/mol. The monoisotopic (exact) mass is 572 g/mol. The molecule has 1 unspecified atom stereocenters. The fraction of sp³-hybridized carbons (Fsp3) is 0.114. The Morgan fingerprint density at radius 1 is 0.643 bits per heavy atom. The van der Waals surface area contributed by atoms with Crippen molar-refractivity contribution in [2.24, 2.45) is 5.10 Å². The van der Waals surface area contributed by atoms with Crippen molar-refractivity contribution in [1.29, 1.82) is 0 Å². The maximum atomic E-state index is 14.8. The Kier molecular flexibility index (Phi) is 7.24. The lowest BCUT2D eigenvalue weighted by Crippen LogP contribution is -2.52. The lowest BCUT2D eigenvalue weighted by atomic mass is 9.72. The third kappa shape index (κ3) is 4.61. The molecule has 6 rings (SSSR count). The van der Waals surface area contributed by atoms with Crippen molar-refractivity contribution < 1.29 is 8.42 Å². The van der Waals surface area contributed by atoms with E-state index in [1.54, 1.807) is 24.3 Å². The number of hydrazine groups is 1. The van der Waals surface area contributed by atoms with Crippen molar-refractivity contribution in [3.63, 3.8) is 0 Å². The summed E-state index contributed by atoms with van der Waals surface area (Å²) >= 11 is 0. The number of hydrogen-bond donors (Lipinski definition) is 2. The quantitative estimate of drug-likeness (QED) is 0.210. The first kappa shape index (κ1) is 27.6. The third-order valence-corrected chi connectivity index (χ3v) is 9.52.